The highest BCUT2D eigenvalue weighted by Crippen LogP contribution is 2.39. The van der Waals surface area contributed by atoms with Crippen LogP contribution in [0, 0.1) is 5.41 Å². The molecule has 2 aromatic heterocycles. The van der Waals surface area contributed by atoms with E-state index in [1.54, 1.807) is 11.3 Å². The summed E-state index contributed by atoms with van der Waals surface area (Å²) in [6, 6.07) is 43.0. The van der Waals surface area contributed by atoms with Crippen LogP contribution in [-0.2, 0) is 0 Å². The Kier molecular flexibility index (Phi) is 5.57. The zero-order valence-corrected chi connectivity index (χ0v) is 21.9. The number of amidine groups is 2. The van der Waals surface area contributed by atoms with E-state index in [0.717, 1.165) is 28.0 Å². The third kappa shape index (κ3) is 3.83. The lowest BCUT2D eigenvalue weighted by molar-refractivity contribution is -0.113. The number of thiophene rings is 1. The Balaban J connectivity index is 1.39. The maximum Gasteiger partial charge on any atom is 0.286 e. The largest absolute Gasteiger partial charge is 0.309 e. The predicted octanol–water partition coefficient (Wildman–Crippen LogP) is 7.04. The number of rotatable bonds is 4. The van der Waals surface area contributed by atoms with Gasteiger partial charge in [0, 0.05) is 26.7 Å². The van der Waals surface area contributed by atoms with Crippen molar-refractivity contribution >= 4 is 60.6 Å². The Bertz CT molecular complexity index is 2000. The normalized spacial score (nSPS) is 11.3. The van der Waals surface area contributed by atoms with Crippen molar-refractivity contribution in [1.82, 2.24) is 4.57 Å². The fraction of sp³-hybridized carbons (Fsp3) is 0. The van der Waals surface area contributed by atoms with Gasteiger partial charge in [-0.05, 0) is 71.4 Å². The molecule has 5 aromatic carbocycles. The van der Waals surface area contributed by atoms with E-state index < -0.39 is 0 Å². The van der Waals surface area contributed by atoms with Gasteiger partial charge in [-0.3, -0.25) is 10.8 Å². The molecule has 0 fully saturated rings. The van der Waals surface area contributed by atoms with Gasteiger partial charge in [0.2, 0.25) is 5.84 Å². The summed E-state index contributed by atoms with van der Waals surface area (Å²) in [5.41, 5.74) is 5.82. The molecule has 0 saturated heterocycles. The molecule has 0 atom stereocenters. The number of nitrogens with one attached hydrogen (secondary N) is 1. The number of aromatic nitrogens is 1. The van der Waals surface area contributed by atoms with Crippen LogP contribution in [0.25, 0.3) is 37.6 Å². The fourth-order valence-corrected chi connectivity index (χ4v) is 6.34. The second-order valence-electron chi connectivity index (χ2n) is 9.47. The van der Waals surface area contributed by atoms with Gasteiger partial charge >= 0.3 is 0 Å². The van der Waals surface area contributed by atoms with Crippen LogP contribution in [-0.4, -0.2) is 16.2 Å². The molecule has 0 spiro atoms. The first-order valence-electron chi connectivity index (χ1n) is 12.8. The Morgan fingerprint density at radius 3 is 2.23 bits per heavy atom. The van der Waals surface area contributed by atoms with Gasteiger partial charge in [-0.2, -0.15) is 4.90 Å². The summed E-state index contributed by atoms with van der Waals surface area (Å²) in [4.78, 5) is 1.81. The summed E-state index contributed by atoms with van der Waals surface area (Å²) >= 11 is 1.78. The van der Waals surface area contributed by atoms with Gasteiger partial charge in [0.1, 0.15) is 5.69 Å². The second-order valence-corrected chi connectivity index (χ2v) is 10.4. The summed E-state index contributed by atoms with van der Waals surface area (Å²) in [5.74, 6) is 0.819. The number of anilines is 1. The van der Waals surface area contributed by atoms with E-state index in [9.17, 15) is 0 Å². The highest BCUT2D eigenvalue weighted by atomic mass is 32.1. The van der Waals surface area contributed by atoms with Crippen LogP contribution in [0.4, 0.5) is 5.69 Å². The Labute approximate surface area is 230 Å². The molecule has 0 saturated carbocycles. The molecular weight excluding hydrogens is 496 g/mol. The quantitative estimate of drug-likeness (QED) is 0.189. The highest BCUT2D eigenvalue weighted by Gasteiger charge is 2.28. The standard InChI is InChI=1S/C34H24N4S/c35-33(24-10-3-1-4-11-24)38(26-13-5-2-6-14-26)34(36)25-12-9-15-27(22-25)37-29-17-8-7-16-28(29)31-30(37)19-18-23-20-21-39-32(23)31/h1-22,35-36H/p+1. The van der Waals surface area contributed by atoms with Crippen molar-refractivity contribution in [2.75, 3.05) is 4.90 Å². The smallest absolute Gasteiger partial charge is 0.286 e. The molecule has 39 heavy (non-hydrogen) atoms. The second kappa shape index (κ2) is 9.39. The van der Waals surface area contributed by atoms with Crippen LogP contribution in [0.5, 0.6) is 0 Å². The van der Waals surface area contributed by atoms with Crippen LogP contribution in [0.3, 0.4) is 0 Å². The number of hydrogen-bond acceptors (Lipinski definition) is 2. The zero-order chi connectivity index (χ0) is 26.3. The molecule has 0 amide bonds. The molecule has 7 rings (SSSR count). The van der Waals surface area contributed by atoms with Crippen molar-refractivity contribution in [2.45, 2.75) is 0 Å². The van der Waals surface area contributed by atoms with Gasteiger partial charge in [-0.1, -0.05) is 66.7 Å². The molecule has 0 aliphatic rings. The minimum Gasteiger partial charge on any atom is -0.309 e. The molecule has 0 radical (unpaired) electrons. The van der Waals surface area contributed by atoms with Gasteiger partial charge in [0.25, 0.3) is 5.84 Å². The lowest BCUT2D eigenvalue weighted by Crippen LogP contribution is -2.54. The zero-order valence-electron chi connectivity index (χ0n) is 21.1. The van der Waals surface area contributed by atoms with Crippen LogP contribution < -0.4 is 10.3 Å². The molecular formula is C34H25N4S+. The molecule has 0 bridgehead atoms. The molecule has 2 heterocycles. The van der Waals surface area contributed by atoms with Crippen molar-refractivity contribution in [2.24, 2.45) is 0 Å². The van der Waals surface area contributed by atoms with Gasteiger partial charge in [-0.25, -0.2) is 0 Å². The molecule has 7 aromatic rings. The average Bonchev–Trinajstić information content (AvgIpc) is 3.61. The van der Waals surface area contributed by atoms with Crippen LogP contribution in [0.1, 0.15) is 11.1 Å². The van der Waals surface area contributed by atoms with E-state index in [0.29, 0.717) is 11.7 Å². The van der Waals surface area contributed by atoms with Crippen molar-refractivity contribution in [1.29, 1.82) is 5.41 Å². The molecule has 0 aliphatic carbocycles. The van der Waals surface area contributed by atoms with E-state index >= 15 is 0 Å². The van der Waals surface area contributed by atoms with E-state index in [1.165, 1.54) is 26.4 Å². The van der Waals surface area contributed by atoms with Gasteiger partial charge in [-0.15, -0.1) is 11.3 Å². The minimum absolute atomic E-state index is 0.321. The number of benzene rings is 5. The third-order valence-corrected chi connectivity index (χ3v) is 8.13. The molecule has 3 N–H and O–H groups in total. The topological polar surface area (TPSA) is 57.6 Å². The molecule has 0 unspecified atom stereocenters. The van der Waals surface area contributed by atoms with Crippen LogP contribution in [0.15, 0.2) is 133 Å². The number of nitrogens with zero attached hydrogens (tertiary/aromatic N) is 2. The van der Waals surface area contributed by atoms with E-state index in [4.69, 9.17) is 10.8 Å². The molecule has 186 valence electrons. The first-order chi connectivity index (χ1) is 19.2. The minimum atomic E-state index is 0.321. The van der Waals surface area contributed by atoms with E-state index in [2.05, 4.69) is 64.5 Å². The summed E-state index contributed by atoms with van der Waals surface area (Å²) in [7, 11) is 0. The van der Waals surface area contributed by atoms with Crippen molar-refractivity contribution in [3.05, 3.63) is 144 Å². The average molecular weight is 522 g/mol. The summed E-state index contributed by atoms with van der Waals surface area (Å²) in [6.07, 6.45) is 0. The predicted molar refractivity (Wildman–Crippen MR) is 164 cm³/mol. The van der Waals surface area contributed by atoms with Gasteiger partial charge in [0.15, 0.2) is 0 Å². The Morgan fingerprint density at radius 1 is 0.692 bits per heavy atom. The first-order valence-corrected chi connectivity index (χ1v) is 13.7. The van der Waals surface area contributed by atoms with Gasteiger partial charge < -0.3 is 4.57 Å². The number of para-hydroxylation sites is 2. The number of fused-ring (bicyclic) bond motifs is 5. The molecule has 4 nitrogen and oxygen atoms in total. The maximum atomic E-state index is 9.10. The van der Waals surface area contributed by atoms with E-state index in [1.807, 2.05) is 77.7 Å². The van der Waals surface area contributed by atoms with Gasteiger partial charge in [0.05, 0.1) is 16.6 Å². The Morgan fingerprint density at radius 2 is 1.41 bits per heavy atom. The summed E-state index contributed by atoms with van der Waals surface area (Å²) in [5, 5.41) is 21.9. The third-order valence-electron chi connectivity index (χ3n) is 7.18. The molecule has 0 aliphatic heterocycles. The first kappa shape index (κ1) is 23.1. The van der Waals surface area contributed by atoms with Crippen molar-refractivity contribution in [3.63, 3.8) is 0 Å². The number of nitrogens with two attached hydrogens (primary N) is 1. The van der Waals surface area contributed by atoms with Crippen LogP contribution in [0.2, 0.25) is 0 Å². The highest BCUT2D eigenvalue weighted by molar-refractivity contribution is 7.18. The number of hydrogen-bond donors (Lipinski definition) is 2. The monoisotopic (exact) mass is 521 g/mol. The summed E-state index contributed by atoms with van der Waals surface area (Å²) in [6.45, 7) is 0. The summed E-state index contributed by atoms with van der Waals surface area (Å²) < 4.78 is 3.62. The fourth-order valence-electron chi connectivity index (χ4n) is 5.38. The van der Waals surface area contributed by atoms with Crippen LogP contribution >= 0.6 is 11.3 Å². The van der Waals surface area contributed by atoms with Crippen molar-refractivity contribution < 1.29 is 5.41 Å². The SMILES string of the molecule is N=C(c1ccccc1)N(C(=[NH2+])c1cccc(-n2c3ccccc3c3c4sccc4ccc32)c1)c1ccccc1. The lowest BCUT2D eigenvalue weighted by atomic mass is 10.1. The lowest BCUT2D eigenvalue weighted by Gasteiger charge is -2.19. The maximum absolute atomic E-state index is 9.10. The van der Waals surface area contributed by atoms with Crippen molar-refractivity contribution in [3.8, 4) is 5.69 Å². The van der Waals surface area contributed by atoms with E-state index in [-0.39, 0.29) is 0 Å². The Hall–Kier alpha value is -5.00. The molecule has 5 heteroatoms.